The summed E-state index contributed by atoms with van der Waals surface area (Å²) in [6.07, 6.45) is 0. The van der Waals surface area contributed by atoms with Crippen molar-refractivity contribution in [2.45, 2.75) is 0 Å². The average Bonchev–Trinajstić information content (AvgIpc) is 3.92. The topological polar surface area (TPSA) is 16.4 Å². The Bertz CT molecular complexity index is 3460. The normalized spacial score (nSPS) is 12.1. The highest BCUT2D eigenvalue weighted by Gasteiger charge is 2.22. The van der Waals surface area contributed by atoms with Crippen molar-refractivity contribution in [1.82, 2.24) is 0 Å². The van der Waals surface area contributed by atoms with E-state index >= 15 is 0 Å². The van der Waals surface area contributed by atoms with E-state index in [9.17, 15) is 0 Å². The van der Waals surface area contributed by atoms with Crippen LogP contribution in [0.25, 0.3) is 95.0 Å². The van der Waals surface area contributed by atoms with Crippen LogP contribution < -0.4 is 4.90 Å². The standard InChI is InChI=1S/C50H29NOS2/c1-2-10-33-28-34(17-16-30(33)8-1)31-18-21-35(22-19-31)51(36-23-26-45-41(29-36)38-12-5-6-15-44(38)53-45)42-14-7-13-40-48-46(54-50(40)42)27-25-43-47(48)39-24-20-32-9-3-4-11-37(32)49(39)52-43/h1-29H. The summed E-state index contributed by atoms with van der Waals surface area (Å²) in [4.78, 5) is 2.45. The minimum Gasteiger partial charge on any atom is -0.455 e. The smallest absolute Gasteiger partial charge is 0.143 e. The molecule has 3 heterocycles. The largest absolute Gasteiger partial charge is 0.455 e. The molecule has 0 saturated carbocycles. The summed E-state index contributed by atoms with van der Waals surface area (Å²) in [7, 11) is 0. The molecule has 0 saturated heterocycles. The summed E-state index contributed by atoms with van der Waals surface area (Å²) in [6.45, 7) is 0. The van der Waals surface area contributed by atoms with Gasteiger partial charge >= 0.3 is 0 Å². The molecule has 0 unspecified atom stereocenters. The monoisotopic (exact) mass is 723 g/mol. The molecule has 0 N–H and O–H groups in total. The van der Waals surface area contributed by atoms with Gasteiger partial charge in [0.1, 0.15) is 11.2 Å². The third-order valence-electron chi connectivity index (χ3n) is 11.0. The quantitative estimate of drug-likeness (QED) is 0.180. The molecule has 9 aromatic carbocycles. The van der Waals surface area contributed by atoms with Gasteiger partial charge in [0.15, 0.2) is 0 Å². The SMILES string of the molecule is c1ccc2cc(-c3ccc(N(c4ccc5sc6ccccc6c5c4)c4cccc5c4sc4ccc6oc7c8ccccc8ccc7c6c45)cc3)ccc2c1. The predicted octanol–water partition coefficient (Wildman–Crippen LogP) is 15.8. The van der Waals surface area contributed by atoms with E-state index in [-0.39, 0.29) is 0 Å². The number of nitrogens with zero attached hydrogens (tertiary/aromatic N) is 1. The maximum absolute atomic E-state index is 6.64. The molecule has 54 heavy (non-hydrogen) atoms. The zero-order valence-electron chi connectivity index (χ0n) is 28.9. The lowest BCUT2D eigenvalue weighted by atomic mass is 10.0. The summed E-state index contributed by atoms with van der Waals surface area (Å²) in [5.74, 6) is 0. The Kier molecular flexibility index (Phi) is 6.41. The molecule has 12 rings (SSSR count). The molecule has 2 nitrogen and oxygen atoms in total. The van der Waals surface area contributed by atoms with E-state index in [0.717, 1.165) is 39.0 Å². The number of anilines is 3. The molecule has 0 fully saturated rings. The second kappa shape index (κ2) is 11.5. The Hall–Kier alpha value is -6.46. The first-order chi connectivity index (χ1) is 26.7. The van der Waals surface area contributed by atoms with Crippen LogP contribution in [0.5, 0.6) is 0 Å². The molecule has 12 aromatic rings. The third-order valence-corrected chi connectivity index (χ3v) is 13.4. The van der Waals surface area contributed by atoms with Crippen molar-refractivity contribution in [2.24, 2.45) is 0 Å². The molecule has 0 aliphatic carbocycles. The first-order valence-electron chi connectivity index (χ1n) is 18.2. The second-order valence-corrected chi connectivity index (χ2v) is 16.2. The van der Waals surface area contributed by atoms with Gasteiger partial charge < -0.3 is 9.32 Å². The Morgan fingerprint density at radius 1 is 0.389 bits per heavy atom. The van der Waals surface area contributed by atoms with E-state index < -0.39 is 0 Å². The maximum atomic E-state index is 6.64. The zero-order chi connectivity index (χ0) is 35.3. The van der Waals surface area contributed by atoms with Crippen molar-refractivity contribution >= 4 is 124 Å². The average molecular weight is 724 g/mol. The van der Waals surface area contributed by atoms with Gasteiger partial charge in [0.05, 0.1) is 10.4 Å². The van der Waals surface area contributed by atoms with Gasteiger partial charge in [-0.05, 0) is 94.0 Å². The van der Waals surface area contributed by atoms with Crippen molar-refractivity contribution in [3.8, 4) is 11.1 Å². The number of hydrogen-bond acceptors (Lipinski definition) is 4. The highest BCUT2D eigenvalue weighted by molar-refractivity contribution is 7.26. The van der Waals surface area contributed by atoms with E-state index in [1.807, 2.05) is 22.7 Å². The molecule has 0 aliphatic rings. The molecule has 252 valence electrons. The van der Waals surface area contributed by atoms with E-state index in [0.29, 0.717) is 0 Å². The van der Waals surface area contributed by atoms with Gasteiger partial charge in [-0.1, -0.05) is 109 Å². The predicted molar refractivity (Wildman–Crippen MR) is 235 cm³/mol. The fraction of sp³-hybridized carbons (Fsp3) is 0. The summed E-state index contributed by atoms with van der Waals surface area (Å²) in [5.41, 5.74) is 7.72. The second-order valence-electron chi connectivity index (χ2n) is 14.1. The Morgan fingerprint density at radius 3 is 2.00 bits per heavy atom. The van der Waals surface area contributed by atoms with Crippen molar-refractivity contribution in [1.29, 1.82) is 0 Å². The van der Waals surface area contributed by atoms with Crippen molar-refractivity contribution in [2.75, 3.05) is 4.90 Å². The van der Waals surface area contributed by atoms with E-state index in [2.05, 4.69) is 181 Å². The van der Waals surface area contributed by atoms with Gasteiger partial charge in [-0.25, -0.2) is 0 Å². The maximum Gasteiger partial charge on any atom is 0.143 e. The first kappa shape index (κ1) is 30.0. The summed E-state index contributed by atoms with van der Waals surface area (Å²) < 4.78 is 11.8. The first-order valence-corrected chi connectivity index (χ1v) is 19.9. The van der Waals surface area contributed by atoms with Crippen LogP contribution in [0.3, 0.4) is 0 Å². The number of rotatable bonds is 4. The van der Waals surface area contributed by atoms with Crippen molar-refractivity contribution in [3.05, 3.63) is 176 Å². The fourth-order valence-electron chi connectivity index (χ4n) is 8.50. The van der Waals surface area contributed by atoms with Crippen LogP contribution in [0.4, 0.5) is 17.1 Å². The van der Waals surface area contributed by atoms with Gasteiger partial charge in [0, 0.05) is 63.2 Å². The summed E-state index contributed by atoms with van der Waals surface area (Å²) in [6, 6.07) is 64.2. The van der Waals surface area contributed by atoms with Gasteiger partial charge in [-0.3, -0.25) is 0 Å². The molecular weight excluding hydrogens is 695 g/mol. The zero-order valence-corrected chi connectivity index (χ0v) is 30.5. The Balaban J connectivity index is 1.09. The Labute approximate surface area is 318 Å². The highest BCUT2D eigenvalue weighted by atomic mass is 32.1. The summed E-state index contributed by atoms with van der Waals surface area (Å²) in [5, 5.41) is 12.3. The fourth-order valence-corrected chi connectivity index (χ4v) is 10.8. The molecule has 3 aromatic heterocycles. The molecule has 4 heteroatoms. The van der Waals surface area contributed by atoms with Gasteiger partial charge in [0.2, 0.25) is 0 Å². The minimum atomic E-state index is 0.926. The van der Waals surface area contributed by atoms with Gasteiger partial charge in [-0.15, -0.1) is 22.7 Å². The van der Waals surface area contributed by atoms with Crippen LogP contribution in [0.2, 0.25) is 0 Å². The van der Waals surface area contributed by atoms with Crippen LogP contribution in [-0.2, 0) is 0 Å². The number of fused-ring (bicyclic) bond motifs is 13. The summed E-state index contributed by atoms with van der Waals surface area (Å²) >= 11 is 3.72. The molecular formula is C50H29NOS2. The molecule has 0 bridgehead atoms. The van der Waals surface area contributed by atoms with Crippen LogP contribution >= 0.6 is 22.7 Å². The lowest BCUT2D eigenvalue weighted by molar-refractivity contribution is 0.673. The van der Waals surface area contributed by atoms with Gasteiger partial charge in [0.25, 0.3) is 0 Å². The highest BCUT2D eigenvalue weighted by Crippen LogP contribution is 2.49. The third kappa shape index (κ3) is 4.45. The van der Waals surface area contributed by atoms with Crippen molar-refractivity contribution in [3.63, 3.8) is 0 Å². The number of furan rings is 1. The van der Waals surface area contributed by atoms with Gasteiger partial charge in [-0.2, -0.15) is 0 Å². The van der Waals surface area contributed by atoms with Crippen LogP contribution in [0, 0.1) is 0 Å². The van der Waals surface area contributed by atoms with Crippen LogP contribution in [0.15, 0.2) is 180 Å². The van der Waals surface area contributed by atoms with Crippen molar-refractivity contribution < 1.29 is 4.42 Å². The molecule has 0 atom stereocenters. The molecule has 0 spiro atoms. The lowest BCUT2D eigenvalue weighted by Crippen LogP contribution is -2.10. The van der Waals surface area contributed by atoms with Crippen LogP contribution in [-0.4, -0.2) is 0 Å². The molecule has 0 radical (unpaired) electrons. The van der Waals surface area contributed by atoms with E-state index in [1.165, 1.54) is 73.0 Å². The van der Waals surface area contributed by atoms with Crippen LogP contribution in [0.1, 0.15) is 0 Å². The minimum absolute atomic E-state index is 0.926. The number of benzene rings is 9. The number of hydrogen-bond donors (Lipinski definition) is 0. The van der Waals surface area contributed by atoms with E-state index in [1.54, 1.807) is 0 Å². The Morgan fingerprint density at radius 2 is 1.09 bits per heavy atom. The lowest BCUT2D eigenvalue weighted by Gasteiger charge is -2.26. The molecule has 0 aliphatic heterocycles. The number of thiophene rings is 2. The molecule has 0 amide bonds. The van der Waals surface area contributed by atoms with E-state index in [4.69, 9.17) is 4.42 Å².